The summed E-state index contributed by atoms with van der Waals surface area (Å²) in [5, 5.41) is 13.6. The highest BCUT2D eigenvalue weighted by molar-refractivity contribution is 5.97. The first-order chi connectivity index (χ1) is 13.3. The van der Waals surface area contributed by atoms with Crippen molar-refractivity contribution in [1.29, 1.82) is 0 Å². The van der Waals surface area contributed by atoms with E-state index in [2.05, 4.69) is 5.32 Å². The van der Waals surface area contributed by atoms with Gasteiger partial charge in [0, 0.05) is 0 Å². The minimum absolute atomic E-state index is 0.00338. The van der Waals surface area contributed by atoms with Gasteiger partial charge in [0.15, 0.2) is 6.10 Å². The zero-order valence-corrected chi connectivity index (χ0v) is 15.9. The number of nitrogens with zero attached hydrogens (tertiary/aromatic N) is 1. The highest BCUT2D eigenvalue weighted by atomic mass is 16.6. The Morgan fingerprint density at radius 1 is 1.14 bits per heavy atom. The monoisotopic (exact) mass is 386 g/mol. The van der Waals surface area contributed by atoms with Crippen LogP contribution in [0.4, 0.5) is 11.4 Å². The lowest BCUT2D eigenvalue weighted by molar-refractivity contribution is -0.384. The van der Waals surface area contributed by atoms with E-state index in [1.165, 1.54) is 32.2 Å². The van der Waals surface area contributed by atoms with Gasteiger partial charge in [-0.25, -0.2) is 0 Å². The number of carbonyl (C=O) groups is 2. The highest BCUT2D eigenvalue weighted by Gasteiger charge is 2.23. The third-order valence-corrected chi connectivity index (χ3v) is 4.18. The summed E-state index contributed by atoms with van der Waals surface area (Å²) in [7, 11) is 1.38. The molecule has 0 unspecified atom stereocenters. The van der Waals surface area contributed by atoms with Gasteiger partial charge in [-0.3, -0.25) is 19.7 Å². The van der Waals surface area contributed by atoms with Crippen LogP contribution in [0.2, 0.25) is 0 Å². The number of hydrogen-bond acceptors (Lipinski definition) is 6. The van der Waals surface area contributed by atoms with Gasteiger partial charge < -0.3 is 14.8 Å². The summed E-state index contributed by atoms with van der Waals surface area (Å²) < 4.78 is 10.1. The van der Waals surface area contributed by atoms with Crippen molar-refractivity contribution in [3.8, 4) is 5.75 Å². The Hall–Kier alpha value is -3.42. The first-order valence-electron chi connectivity index (χ1n) is 8.69. The summed E-state index contributed by atoms with van der Waals surface area (Å²) in [6.07, 6.45) is -0.984. The van der Waals surface area contributed by atoms with Gasteiger partial charge in [0.25, 0.3) is 11.6 Å². The topological polar surface area (TPSA) is 108 Å². The van der Waals surface area contributed by atoms with Crippen LogP contribution in [0.25, 0.3) is 0 Å². The van der Waals surface area contributed by atoms with Crippen LogP contribution in [-0.2, 0) is 14.3 Å². The average Bonchev–Trinajstić information content (AvgIpc) is 2.68. The van der Waals surface area contributed by atoms with Crippen molar-refractivity contribution in [2.24, 2.45) is 0 Å². The van der Waals surface area contributed by atoms with Gasteiger partial charge in [0.1, 0.15) is 11.4 Å². The minimum Gasteiger partial charge on any atom is -0.496 e. The molecule has 148 valence electrons. The first-order valence-corrected chi connectivity index (χ1v) is 8.69. The number of hydrogen-bond donors (Lipinski definition) is 1. The lowest BCUT2D eigenvalue weighted by Gasteiger charge is -2.16. The number of esters is 1. The minimum atomic E-state index is -1.10. The number of amides is 1. The van der Waals surface area contributed by atoms with Crippen molar-refractivity contribution in [2.45, 2.75) is 32.3 Å². The third kappa shape index (κ3) is 5.54. The smallest absolute Gasteiger partial charge is 0.307 e. The molecule has 8 nitrogen and oxygen atoms in total. The Morgan fingerprint density at radius 2 is 1.82 bits per heavy atom. The molecule has 1 amide bonds. The largest absolute Gasteiger partial charge is 0.496 e. The van der Waals surface area contributed by atoms with E-state index in [4.69, 9.17) is 9.47 Å². The standard InChI is InChI=1S/C20H22N2O6/c1-13(15-7-5-4-6-8-15)11-19(23)28-14(2)20(24)21-17-10-9-16(27-3)12-18(17)22(25)26/h4-10,12-14H,11H2,1-3H3,(H,21,24)/t13-,14+/m0/s1. The van der Waals surface area contributed by atoms with E-state index in [-0.39, 0.29) is 23.7 Å². The summed E-state index contributed by atoms with van der Waals surface area (Å²) in [6.45, 7) is 3.30. The fourth-order valence-electron chi connectivity index (χ4n) is 2.58. The van der Waals surface area contributed by atoms with Gasteiger partial charge in [-0.15, -0.1) is 0 Å². The number of nitrogens with one attached hydrogen (secondary N) is 1. The number of carbonyl (C=O) groups excluding carboxylic acids is 2. The average molecular weight is 386 g/mol. The molecule has 0 aromatic heterocycles. The molecule has 0 saturated heterocycles. The number of anilines is 1. The van der Waals surface area contributed by atoms with Crippen LogP contribution < -0.4 is 10.1 Å². The van der Waals surface area contributed by atoms with E-state index in [1.54, 1.807) is 0 Å². The lowest BCUT2D eigenvalue weighted by Crippen LogP contribution is -2.30. The summed E-state index contributed by atoms with van der Waals surface area (Å²) >= 11 is 0. The Labute approximate surface area is 162 Å². The molecule has 28 heavy (non-hydrogen) atoms. The Morgan fingerprint density at radius 3 is 2.43 bits per heavy atom. The molecule has 2 aromatic carbocycles. The van der Waals surface area contributed by atoms with Crippen molar-refractivity contribution in [3.63, 3.8) is 0 Å². The molecule has 0 radical (unpaired) electrons. The van der Waals surface area contributed by atoms with Crippen LogP contribution in [0.1, 0.15) is 31.7 Å². The van der Waals surface area contributed by atoms with Gasteiger partial charge in [-0.1, -0.05) is 37.3 Å². The zero-order chi connectivity index (χ0) is 20.7. The predicted octanol–water partition coefficient (Wildman–Crippen LogP) is 3.67. The third-order valence-electron chi connectivity index (χ3n) is 4.18. The molecule has 2 atom stereocenters. The van der Waals surface area contributed by atoms with Crippen LogP contribution in [0.15, 0.2) is 48.5 Å². The van der Waals surface area contributed by atoms with Crippen molar-refractivity contribution in [1.82, 2.24) is 0 Å². The Balaban J connectivity index is 1.97. The predicted molar refractivity (Wildman–Crippen MR) is 103 cm³/mol. The van der Waals surface area contributed by atoms with Crippen LogP contribution in [0, 0.1) is 10.1 Å². The molecule has 1 N–H and O–H groups in total. The maximum atomic E-state index is 12.3. The first kappa shape index (κ1) is 20.9. The quantitative estimate of drug-likeness (QED) is 0.421. The molecule has 0 aliphatic carbocycles. The fraction of sp³-hybridized carbons (Fsp3) is 0.300. The Bertz CT molecular complexity index is 853. The molecule has 0 aliphatic heterocycles. The molecule has 8 heteroatoms. The Kier molecular flexibility index (Phi) is 7.08. The summed E-state index contributed by atoms with van der Waals surface area (Å²) in [6, 6.07) is 13.5. The van der Waals surface area contributed by atoms with Crippen LogP contribution in [0.5, 0.6) is 5.75 Å². The highest BCUT2D eigenvalue weighted by Crippen LogP contribution is 2.29. The van der Waals surface area contributed by atoms with Crippen molar-refractivity contribution < 1.29 is 24.0 Å². The van der Waals surface area contributed by atoms with Crippen molar-refractivity contribution >= 4 is 23.3 Å². The van der Waals surface area contributed by atoms with E-state index in [1.807, 2.05) is 37.3 Å². The number of rotatable bonds is 8. The van der Waals surface area contributed by atoms with E-state index < -0.39 is 22.9 Å². The summed E-state index contributed by atoms with van der Waals surface area (Å²) in [4.78, 5) is 35.0. The van der Waals surface area contributed by atoms with E-state index in [9.17, 15) is 19.7 Å². The molecule has 2 aromatic rings. The summed E-state index contributed by atoms with van der Waals surface area (Å²) in [5.74, 6) is -0.956. The van der Waals surface area contributed by atoms with Gasteiger partial charge in [-0.2, -0.15) is 0 Å². The van der Waals surface area contributed by atoms with Crippen LogP contribution in [0.3, 0.4) is 0 Å². The number of nitro benzene ring substituents is 1. The molecule has 2 rings (SSSR count). The van der Waals surface area contributed by atoms with Gasteiger partial charge in [0.2, 0.25) is 0 Å². The molecule has 0 fully saturated rings. The fourth-order valence-corrected chi connectivity index (χ4v) is 2.58. The zero-order valence-electron chi connectivity index (χ0n) is 15.9. The van der Waals surface area contributed by atoms with Gasteiger partial charge >= 0.3 is 5.97 Å². The van der Waals surface area contributed by atoms with Gasteiger partial charge in [0.05, 0.1) is 24.5 Å². The second-order valence-corrected chi connectivity index (χ2v) is 6.28. The van der Waals surface area contributed by atoms with Crippen molar-refractivity contribution in [3.05, 3.63) is 64.2 Å². The van der Waals surface area contributed by atoms with E-state index >= 15 is 0 Å². The molecule has 0 aliphatic rings. The maximum Gasteiger partial charge on any atom is 0.307 e. The van der Waals surface area contributed by atoms with E-state index in [0.717, 1.165) is 5.56 Å². The lowest BCUT2D eigenvalue weighted by atomic mass is 9.98. The second-order valence-electron chi connectivity index (χ2n) is 6.28. The van der Waals surface area contributed by atoms with Gasteiger partial charge in [-0.05, 0) is 30.5 Å². The second kappa shape index (κ2) is 9.50. The maximum absolute atomic E-state index is 12.3. The molecular weight excluding hydrogens is 364 g/mol. The SMILES string of the molecule is COc1ccc(NC(=O)[C@@H](C)OC(=O)C[C@H](C)c2ccccc2)c([N+](=O)[O-])c1. The number of methoxy groups -OCH3 is 1. The number of ether oxygens (including phenoxy) is 2. The normalized spacial score (nSPS) is 12.5. The number of benzene rings is 2. The van der Waals surface area contributed by atoms with E-state index in [0.29, 0.717) is 5.75 Å². The number of nitro groups is 1. The molecule has 0 saturated carbocycles. The van der Waals surface area contributed by atoms with Crippen molar-refractivity contribution in [2.75, 3.05) is 12.4 Å². The molecule has 0 heterocycles. The molecule has 0 bridgehead atoms. The van der Waals surface area contributed by atoms with Crippen LogP contribution >= 0.6 is 0 Å². The van der Waals surface area contributed by atoms with Crippen LogP contribution in [-0.4, -0.2) is 30.0 Å². The molecule has 0 spiro atoms. The summed E-state index contributed by atoms with van der Waals surface area (Å²) in [5.41, 5.74) is 0.672. The molecular formula is C20H22N2O6.